The first-order chi connectivity index (χ1) is 7.65. The van der Waals surface area contributed by atoms with Crippen molar-refractivity contribution in [1.82, 2.24) is 4.98 Å². The summed E-state index contributed by atoms with van der Waals surface area (Å²) in [5, 5.41) is 2.40. The lowest BCUT2D eigenvalue weighted by Crippen LogP contribution is -2.10. The molecule has 0 saturated heterocycles. The topological polar surface area (TPSA) is 74.4 Å². The summed E-state index contributed by atoms with van der Waals surface area (Å²) in [6.07, 6.45) is 0.687. The van der Waals surface area contributed by atoms with Crippen molar-refractivity contribution >= 4 is 17.3 Å². The molecule has 2 N–H and O–H groups in total. The molecule has 0 spiro atoms. The van der Waals surface area contributed by atoms with Crippen molar-refractivity contribution in [3.05, 3.63) is 16.1 Å². The molecule has 5 nitrogen and oxygen atoms in total. The fraction of sp³-hybridized carbons (Fsp3) is 0.600. The molecule has 16 heavy (non-hydrogen) atoms. The van der Waals surface area contributed by atoms with Gasteiger partial charge in [0.2, 0.25) is 0 Å². The molecular weight excluding hydrogens is 228 g/mol. The first kappa shape index (κ1) is 13.1. The molecule has 1 aromatic heterocycles. The van der Waals surface area contributed by atoms with Gasteiger partial charge in [0.1, 0.15) is 5.01 Å². The van der Waals surface area contributed by atoms with Gasteiger partial charge in [0.05, 0.1) is 12.6 Å². The van der Waals surface area contributed by atoms with Gasteiger partial charge in [0.25, 0.3) is 0 Å². The average Bonchev–Trinajstić information content (AvgIpc) is 2.73. The lowest BCUT2D eigenvalue weighted by molar-refractivity contribution is 0.0462. The number of nitrogens with two attached hydrogens (primary N) is 1. The van der Waals surface area contributed by atoms with Gasteiger partial charge >= 0.3 is 5.97 Å². The van der Waals surface area contributed by atoms with E-state index in [-0.39, 0.29) is 6.04 Å². The molecule has 6 heteroatoms. The van der Waals surface area contributed by atoms with Crippen LogP contribution in [0.15, 0.2) is 5.38 Å². The minimum Gasteiger partial charge on any atom is -0.461 e. The molecule has 0 radical (unpaired) electrons. The lowest BCUT2D eigenvalue weighted by atomic mass is 10.4. The van der Waals surface area contributed by atoms with Gasteiger partial charge in [-0.1, -0.05) is 0 Å². The van der Waals surface area contributed by atoms with Gasteiger partial charge in [-0.2, -0.15) is 0 Å². The summed E-state index contributed by atoms with van der Waals surface area (Å²) < 4.78 is 9.85. The summed E-state index contributed by atoms with van der Waals surface area (Å²) in [6.45, 7) is 2.75. The maximum atomic E-state index is 11.5. The van der Waals surface area contributed by atoms with Crippen molar-refractivity contribution in [2.45, 2.75) is 19.4 Å². The number of hydrogen-bond acceptors (Lipinski definition) is 6. The number of rotatable bonds is 6. The number of carbonyl (C=O) groups is 1. The Balaban J connectivity index is 2.40. The van der Waals surface area contributed by atoms with Crippen LogP contribution in [0, 0.1) is 0 Å². The van der Waals surface area contributed by atoms with Crippen LogP contribution >= 0.6 is 11.3 Å². The zero-order valence-corrected chi connectivity index (χ0v) is 10.3. The number of nitrogens with zero attached hydrogens (tertiary/aromatic N) is 1. The summed E-state index contributed by atoms with van der Waals surface area (Å²) in [4.78, 5) is 15.6. The largest absolute Gasteiger partial charge is 0.461 e. The van der Waals surface area contributed by atoms with Crippen LogP contribution in [-0.4, -0.2) is 31.3 Å². The van der Waals surface area contributed by atoms with Gasteiger partial charge in [-0.15, -0.1) is 11.3 Å². The van der Waals surface area contributed by atoms with Gasteiger partial charge in [0, 0.05) is 25.5 Å². The van der Waals surface area contributed by atoms with Crippen molar-refractivity contribution in [2.24, 2.45) is 5.73 Å². The van der Waals surface area contributed by atoms with E-state index >= 15 is 0 Å². The first-order valence-corrected chi connectivity index (χ1v) is 5.90. The zero-order valence-electron chi connectivity index (χ0n) is 9.43. The Labute approximate surface area is 98.6 Å². The number of thiazole rings is 1. The number of carbonyl (C=O) groups excluding carboxylic acids is 1. The van der Waals surface area contributed by atoms with Crippen LogP contribution in [0.3, 0.4) is 0 Å². The Kier molecular flexibility index (Phi) is 5.37. The van der Waals surface area contributed by atoms with Crippen molar-refractivity contribution in [3.63, 3.8) is 0 Å². The molecule has 0 aliphatic heterocycles. The van der Waals surface area contributed by atoms with E-state index in [9.17, 15) is 4.79 Å². The molecule has 0 aliphatic carbocycles. The van der Waals surface area contributed by atoms with Gasteiger partial charge in [0.15, 0.2) is 5.69 Å². The van der Waals surface area contributed by atoms with E-state index in [0.717, 1.165) is 5.01 Å². The predicted molar refractivity (Wildman–Crippen MR) is 61.5 cm³/mol. The summed E-state index contributed by atoms with van der Waals surface area (Å²) in [5.41, 5.74) is 5.97. The highest BCUT2D eigenvalue weighted by atomic mass is 32.1. The number of hydrogen-bond donors (Lipinski definition) is 1. The highest BCUT2D eigenvalue weighted by Crippen LogP contribution is 2.16. The van der Waals surface area contributed by atoms with Crippen LogP contribution in [0.2, 0.25) is 0 Å². The van der Waals surface area contributed by atoms with Gasteiger partial charge in [-0.3, -0.25) is 0 Å². The third-order valence-corrected chi connectivity index (χ3v) is 2.89. The van der Waals surface area contributed by atoms with Gasteiger partial charge < -0.3 is 15.2 Å². The number of methoxy groups -OCH3 is 1. The maximum Gasteiger partial charge on any atom is 0.357 e. The van der Waals surface area contributed by atoms with Crippen molar-refractivity contribution in [2.75, 3.05) is 20.3 Å². The molecule has 0 amide bonds. The fourth-order valence-corrected chi connectivity index (χ4v) is 1.78. The smallest absolute Gasteiger partial charge is 0.357 e. The second-order valence-corrected chi connectivity index (χ2v) is 4.23. The molecule has 0 saturated carbocycles. The molecule has 90 valence electrons. The average molecular weight is 244 g/mol. The van der Waals surface area contributed by atoms with Gasteiger partial charge in [-0.25, -0.2) is 9.78 Å². The van der Waals surface area contributed by atoms with Crippen LogP contribution in [-0.2, 0) is 9.47 Å². The van der Waals surface area contributed by atoms with E-state index in [1.54, 1.807) is 12.5 Å². The molecule has 1 heterocycles. The summed E-state index contributed by atoms with van der Waals surface area (Å²) in [7, 11) is 1.61. The number of ether oxygens (including phenoxy) is 2. The standard InChI is InChI=1S/C10H16N2O3S/c1-7(11)9-12-8(6-16-9)10(13)15-5-3-4-14-2/h6-7H,3-5,11H2,1-2H3. The molecule has 1 rings (SSSR count). The predicted octanol–water partition coefficient (Wildman–Crippen LogP) is 1.36. The molecule has 1 unspecified atom stereocenters. The molecule has 0 aliphatic rings. The Morgan fingerprint density at radius 1 is 1.62 bits per heavy atom. The second kappa shape index (κ2) is 6.57. The minimum absolute atomic E-state index is 0.153. The van der Waals surface area contributed by atoms with Crippen LogP contribution in [0.1, 0.15) is 34.9 Å². The Morgan fingerprint density at radius 3 is 2.94 bits per heavy atom. The maximum absolute atomic E-state index is 11.5. The third kappa shape index (κ3) is 3.88. The normalized spacial score (nSPS) is 12.4. The highest BCUT2D eigenvalue weighted by molar-refractivity contribution is 7.09. The van der Waals surface area contributed by atoms with E-state index in [2.05, 4.69) is 4.98 Å². The molecule has 1 aromatic rings. The minimum atomic E-state index is -0.403. The lowest BCUT2D eigenvalue weighted by Gasteiger charge is -2.02. The van der Waals surface area contributed by atoms with E-state index in [4.69, 9.17) is 15.2 Å². The summed E-state index contributed by atoms with van der Waals surface area (Å²) in [5.74, 6) is -0.403. The van der Waals surface area contributed by atoms with Crippen molar-refractivity contribution in [1.29, 1.82) is 0 Å². The Hall–Kier alpha value is -0.980. The zero-order chi connectivity index (χ0) is 12.0. The number of aromatic nitrogens is 1. The molecule has 1 atom stereocenters. The Bertz CT molecular complexity index is 339. The van der Waals surface area contributed by atoms with Crippen LogP contribution in [0.5, 0.6) is 0 Å². The summed E-state index contributed by atoms with van der Waals surface area (Å²) >= 11 is 1.37. The third-order valence-electron chi connectivity index (χ3n) is 1.85. The van der Waals surface area contributed by atoms with Crippen molar-refractivity contribution in [3.8, 4) is 0 Å². The molecule has 0 aromatic carbocycles. The van der Waals surface area contributed by atoms with Crippen LogP contribution in [0.4, 0.5) is 0 Å². The number of esters is 1. The monoisotopic (exact) mass is 244 g/mol. The van der Waals surface area contributed by atoms with Crippen LogP contribution in [0.25, 0.3) is 0 Å². The van der Waals surface area contributed by atoms with E-state index in [0.29, 0.717) is 25.3 Å². The molecule has 0 bridgehead atoms. The fourth-order valence-electron chi connectivity index (χ4n) is 1.03. The highest BCUT2D eigenvalue weighted by Gasteiger charge is 2.13. The first-order valence-electron chi connectivity index (χ1n) is 5.02. The quantitative estimate of drug-likeness (QED) is 0.604. The molecule has 0 fully saturated rings. The van der Waals surface area contributed by atoms with E-state index < -0.39 is 5.97 Å². The van der Waals surface area contributed by atoms with E-state index in [1.165, 1.54) is 11.3 Å². The Morgan fingerprint density at radius 2 is 2.38 bits per heavy atom. The molecular formula is C10H16N2O3S. The van der Waals surface area contributed by atoms with Crippen molar-refractivity contribution < 1.29 is 14.3 Å². The van der Waals surface area contributed by atoms with E-state index in [1.807, 2.05) is 6.92 Å². The van der Waals surface area contributed by atoms with Gasteiger partial charge in [-0.05, 0) is 6.92 Å². The second-order valence-electron chi connectivity index (χ2n) is 3.34. The SMILES string of the molecule is COCCCOC(=O)c1csc(C(C)N)n1. The summed E-state index contributed by atoms with van der Waals surface area (Å²) in [6, 6.07) is -0.153. The van der Waals surface area contributed by atoms with Crippen LogP contribution < -0.4 is 5.73 Å².